The Hall–Kier alpha value is -4.33. The van der Waals surface area contributed by atoms with Gasteiger partial charge in [-0.2, -0.15) is 18.2 Å². The lowest BCUT2D eigenvalue weighted by Crippen LogP contribution is -2.47. The van der Waals surface area contributed by atoms with E-state index in [1.54, 1.807) is 13.0 Å². The number of hydrogen-bond acceptors (Lipinski definition) is 6. The van der Waals surface area contributed by atoms with Gasteiger partial charge in [-0.15, -0.1) is 0 Å². The first-order valence-corrected chi connectivity index (χ1v) is 14.2. The summed E-state index contributed by atoms with van der Waals surface area (Å²) >= 11 is 0. The summed E-state index contributed by atoms with van der Waals surface area (Å²) in [7, 11) is 0. The number of benzene rings is 2. The molecular weight excluding hydrogens is 585 g/mol. The van der Waals surface area contributed by atoms with Crippen LogP contribution in [0.3, 0.4) is 0 Å². The van der Waals surface area contributed by atoms with Crippen LogP contribution in [-0.4, -0.2) is 71.7 Å². The first-order chi connectivity index (χ1) is 20.8. The van der Waals surface area contributed by atoms with Gasteiger partial charge in [-0.25, -0.2) is 23.5 Å². The summed E-state index contributed by atoms with van der Waals surface area (Å²) in [6.45, 7) is 9.93. The maximum Gasteiger partial charge on any atom is 0.471 e. The zero-order chi connectivity index (χ0) is 31.9. The fourth-order valence-electron chi connectivity index (χ4n) is 5.49. The number of hydrogen-bond donors (Lipinski definition) is 1. The van der Waals surface area contributed by atoms with E-state index in [-0.39, 0.29) is 29.7 Å². The third kappa shape index (κ3) is 5.77. The lowest BCUT2D eigenvalue weighted by atomic mass is 9.98. The van der Waals surface area contributed by atoms with Crippen molar-refractivity contribution >= 4 is 35.1 Å². The average molecular weight is 618 g/mol. The molecule has 14 heteroatoms. The number of halogens is 5. The number of aryl methyl sites for hydroxylation is 1. The fraction of sp³-hybridized carbons (Fsp3) is 0.400. The predicted molar refractivity (Wildman–Crippen MR) is 156 cm³/mol. The number of rotatable bonds is 6. The Morgan fingerprint density at radius 3 is 2.30 bits per heavy atom. The Kier molecular flexibility index (Phi) is 8.47. The van der Waals surface area contributed by atoms with Crippen LogP contribution in [0.15, 0.2) is 36.4 Å². The minimum absolute atomic E-state index is 0.00903. The minimum Gasteiger partial charge on any atom is -0.338 e. The number of nitrogens with zero attached hydrogens (tertiary/aromatic N) is 6. The van der Waals surface area contributed by atoms with Crippen LogP contribution in [0, 0.1) is 18.6 Å². The Labute approximate surface area is 251 Å². The molecule has 9 nitrogen and oxygen atoms in total. The molecule has 3 amide bonds. The molecule has 1 N–H and O–H groups in total. The van der Waals surface area contributed by atoms with Crippen molar-refractivity contribution in [1.82, 2.24) is 20.2 Å². The highest BCUT2D eigenvalue weighted by molar-refractivity contribution is 6.02. The van der Waals surface area contributed by atoms with Crippen LogP contribution < -0.4 is 20.0 Å². The van der Waals surface area contributed by atoms with Crippen molar-refractivity contribution in [2.75, 3.05) is 47.4 Å². The average Bonchev–Trinajstić information content (AvgIpc) is 2.98. The van der Waals surface area contributed by atoms with Crippen LogP contribution in [0.1, 0.15) is 31.9 Å². The molecule has 2 aromatic carbocycles. The lowest BCUT2D eigenvalue weighted by molar-refractivity contribution is -0.170. The minimum atomic E-state index is -5.11. The number of carbonyl (C=O) groups excluding carboxylic acids is 2. The molecule has 1 aromatic heterocycles. The van der Waals surface area contributed by atoms with Crippen molar-refractivity contribution in [2.45, 2.75) is 46.5 Å². The number of amides is 3. The van der Waals surface area contributed by atoms with Crippen molar-refractivity contribution in [1.29, 1.82) is 0 Å². The molecule has 0 unspecified atom stereocenters. The number of para-hydroxylation sites is 1. The van der Waals surface area contributed by atoms with Gasteiger partial charge in [0.1, 0.15) is 17.3 Å². The Bertz CT molecular complexity index is 1570. The van der Waals surface area contributed by atoms with Gasteiger partial charge in [0.05, 0.1) is 12.2 Å². The number of alkyl halides is 3. The molecule has 234 valence electrons. The number of piperazine rings is 1. The standard InChI is InChI=1S/C30H32F5N7O2/c1-5-39-11-13-40(14-12-39)28-37-24(20-15-19(10-9-18(20)4)41(17(2)3)27(43)30(33,34)35)21-16-36-29(44)42(26(21)38-28)25-22(31)7-6-8-23(25)32/h6-10,15,17H,5,11-14,16H2,1-4H3,(H,36,44). The Balaban J connectivity index is 1.73. The number of nitrogens with one attached hydrogen (secondary N) is 1. The lowest BCUT2D eigenvalue weighted by Gasteiger charge is -2.36. The predicted octanol–water partition coefficient (Wildman–Crippen LogP) is 5.54. The number of carbonyl (C=O) groups is 2. The van der Waals surface area contributed by atoms with Crippen molar-refractivity contribution in [3.8, 4) is 11.3 Å². The van der Waals surface area contributed by atoms with Crippen molar-refractivity contribution in [2.24, 2.45) is 0 Å². The first kappa shape index (κ1) is 31.1. The maximum atomic E-state index is 15.1. The molecule has 0 saturated carbocycles. The molecule has 0 atom stereocenters. The molecule has 44 heavy (non-hydrogen) atoms. The van der Waals surface area contributed by atoms with E-state index in [4.69, 9.17) is 4.98 Å². The third-order valence-corrected chi connectivity index (χ3v) is 7.80. The second-order valence-corrected chi connectivity index (χ2v) is 10.9. The number of fused-ring (bicyclic) bond motifs is 1. The van der Waals surface area contributed by atoms with Crippen LogP contribution in [0.25, 0.3) is 11.3 Å². The smallest absolute Gasteiger partial charge is 0.338 e. The van der Waals surface area contributed by atoms with E-state index in [1.165, 1.54) is 32.0 Å². The van der Waals surface area contributed by atoms with Crippen LogP contribution >= 0.6 is 0 Å². The van der Waals surface area contributed by atoms with Crippen molar-refractivity contribution in [3.63, 3.8) is 0 Å². The molecule has 1 fully saturated rings. The van der Waals surface area contributed by atoms with E-state index in [0.29, 0.717) is 47.8 Å². The summed E-state index contributed by atoms with van der Waals surface area (Å²) in [5, 5.41) is 2.62. The number of urea groups is 1. The van der Waals surface area contributed by atoms with Gasteiger partial charge in [0.25, 0.3) is 0 Å². The zero-order valence-electron chi connectivity index (χ0n) is 24.7. The Morgan fingerprint density at radius 2 is 1.70 bits per heavy atom. The number of aromatic nitrogens is 2. The summed E-state index contributed by atoms with van der Waals surface area (Å²) < 4.78 is 70.8. The fourth-order valence-corrected chi connectivity index (χ4v) is 5.49. The zero-order valence-corrected chi connectivity index (χ0v) is 24.7. The molecular formula is C30H32F5N7O2. The highest BCUT2D eigenvalue weighted by Crippen LogP contribution is 2.41. The number of likely N-dealkylation sites (N-methyl/N-ethyl adjacent to an activating group) is 1. The number of anilines is 4. The molecule has 2 aliphatic rings. The van der Waals surface area contributed by atoms with Gasteiger partial charge in [-0.3, -0.25) is 4.79 Å². The van der Waals surface area contributed by atoms with Gasteiger partial charge < -0.3 is 20.0 Å². The topological polar surface area (TPSA) is 84.9 Å². The van der Waals surface area contributed by atoms with Crippen LogP contribution in [-0.2, 0) is 11.3 Å². The molecule has 3 heterocycles. The third-order valence-electron chi connectivity index (χ3n) is 7.80. The van der Waals surface area contributed by atoms with Gasteiger partial charge in [-0.1, -0.05) is 19.1 Å². The molecule has 3 aromatic rings. The van der Waals surface area contributed by atoms with E-state index < -0.39 is 41.5 Å². The van der Waals surface area contributed by atoms with Gasteiger partial charge >= 0.3 is 18.1 Å². The van der Waals surface area contributed by atoms with Crippen molar-refractivity contribution < 1.29 is 31.5 Å². The summed E-state index contributed by atoms with van der Waals surface area (Å²) in [4.78, 5) is 40.7. The van der Waals surface area contributed by atoms with Crippen LogP contribution in [0.2, 0.25) is 0 Å². The van der Waals surface area contributed by atoms with E-state index in [0.717, 1.165) is 23.6 Å². The Morgan fingerprint density at radius 1 is 1.05 bits per heavy atom. The normalized spacial score (nSPS) is 15.8. The second-order valence-electron chi connectivity index (χ2n) is 10.9. The monoisotopic (exact) mass is 617 g/mol. The van der Waals surface area contributed by atoms with E-state index in [1.807, 2.05) is 11.8 Å². The summed E-state index contributed by atoms with van der Waals surface area (Å²) in [5.41, 5.74) is 0.920. The quantitative estimate of drug-likeness (QED) is 0.366. The van der Waals surface area contributed by atoms with E-state index >= 15 is 8.78 Å². The van der Waals surface area contributed by atoms with Gasteiger partial charge in [-0.05, 0) is 57.1 Å². The first-order valence-electron chi connectivity index (χ1n) is 14.2. The van der Waals surface area contributed by atoms with Gasteiger partial charge in [0.15, 0.2) is 5.82 Å². The highest BCUT2D eigenvalue weighted by Gasteiger charge is 2.44. The van der Waals surface area contributed by atoms with E-state index in [9.17, 15) is 22.8 Å². The molecule has 0 bridgehead atoms. The second kappa shape index (κ2) is 12.0. The summed E-state index contributed by atoms with van der Waals surface area (Å²) in [6, 6.07) is 6.03. The van der Waals surface area contributed by atoms with Gasteiger partial charge in [0, 0.05) is 49.0 Å². The maximum absolute atomic E-state index is 15.1. The van der Waals surface area contributed by atoms with Crippen LogP contribution in [0.5, 0.6) is 0 Å². The SMILES string of the molecule is CCN1CCN(c2nc(-c3cc(N(C(=O)C(F)(F)F)C(C)C)ccc3C)c3c(n2)N(c2c(F)cccc2F)C(=O)NC3)CC1. The molecule has 0 spiro atoms. The summed E-state index contributed by atoms with van der Waals surface area (Å²) in [6.07, 6.45) is -5.11. The molecule has 5 rings (SSSR count). The molecule has 2 aliphatic heterocycles. The van der Waals surface area contributed by atoms with E-state index in [2.05, 4.69) is 15.2 Å². The largest absolute Gasteiger partial charge is 0.471 e. The highest BCUT2D eigenvalue weighted by atomic mass is 19.4. The van der Waals surface area contributed by atoms with Gasteiger partial charge in [0.2, 0.25) is 5.95 Å². The molecule has 1 saturated heterocycles. The molecule has 0 aliphatic carbocycles. The molecule has 0 radical (unpaired) electrons. The summed E-state index contributed by atoms with van der Waals surface area (Å²) in [5.74, 6) is -3.84. The van der Waals surface area contributed by atoms with Crippen molar-refractivity contribution in [3.05, 3.63) is 59.2 Å². The van der Waals surface area contributed by atoms with Crippen LogP contribution in [0.4, 0.5) is 49.9 Å².